The summed E-state index contributed by atoms with van der Waals surface area (Å²) in [5.41, 5.74) is 10.4. The third-order valence-electron chi connectivity index (χ3n) is 4.64. The van der Waals surface area contributed by atoms with E-state index in [9.17, 15) is 5.11 Å². The van der Waals surface area contributed by atoms with E-state index in [4.69, 9.17) is 5.73 Å². The molecule has 0 heterocycles. The maximum Gasteiger partial charge on any atom is 0.0899 e. The Morgan fingerprint density at radius 1 is 1.20 bits per heavy atom. The maximum absolute atomic E-state index is 11.0. The molecule has 2 aromatic rings. The van der Waals surface area contributed by atoms with Crippen molar-refractivity contribution in [1.82, 2.24) is 0 Å². The SMILES string of the molecule is Cc1cccc(C(O)C2(CN)CCc3ccccc32)c1. The van der Waals surface area contributed by atoms with Crippen LogP contribution >= 0.6 is 0 Å². The monoisotopic (exact) mass is 267 g/mol. The molecule has 2 unspecified atom stereocenters. The Hall–Kier alpha value is -1.64. The maximum atomic E-state index is 11.0. The van der Waals surface area contributed by atoms with Crippen molar-refractivity contribution in [2.24, 2.45) is 5.73 Å². The lowest BCUT2D eigenvalue weighted by molar-refractivity contribution is 0.0840. The fourth-order valence-electron chi connectivity index (χ4n) is 3.48. The Balaban J connectivity index is 2.07. The van der Waals surface area contributed by atoms with Gasteiger partial charge in [-0.25, -0.2) is 0 Å². The number of fused-ring (bicyclic) bond motifs is 1. The van der Waals surface area contributed by atoms with E-state index in [0.29, 0.717) is 6.54 Å². The average molecular weight is 267 g/mol. The summed E-state index contributed by atoms with van der Waals surface area (Å²) in [6.45, 7) is 2.52. The summed E-state index contributed by atoms with van der Waals surface area (Å²) in [6.07, 6.45) is 1.37. The Kier molecular flexibility index (Phi) is 3.36. The highest BCUT2D eigenvalue weighted by Crippen LogP contribution is 2.46. The van der Waals surface area contributed by atoms with Gasteiger partial charge in [-0.05, 0) is 36.5 Å². The normalized spacial score (nSPS) is 22.6. The summed E-state index contributed by atoms with van der Waals surface area (Å²) in [7, 11) is 0. The molecule has 2 nitrogen and oxygen atoms in total. The van der Waals surface area contributed by atoms with Gasteiger partial charge in [0.1, 0.15) is 0 Å². The van der Waals surface area contributed by atoms with Crippen molar-refractivity contribution >= 4 is 0 Å². The van der Waals surface area contributed by atoms with Crippen LogP contribution in [0.2, 0.25) is 0 Å². The molecule has 1 aliphatic rings. The number of nitrogens with two attached hydrogens (primary N) is 1. The van der Waals surface area contributed by atoms with Crippen LogP contribution in [0.15, 0.2) is 48.5 Å². The lowest BCUT2D eigenvalue weighted by Crippen LogP contribution is -2.39. The van der Waals surface area contributed by atoms with Crippen molar-refractivity contribution in [2.75, 3.05) is 6.54 Å². The molecule has 0 saturated carbocycles. The van der Waals surface area contributed by atoms with Gasteiger partial charge >= 0.3 is 0 Å². The van der Waals surface area contributed by atoms with Crippen LogP contribution in [0.25, 0.3) is 0 Å². The van der Waals surface area contributed by atoms with Gasteiger partial charge in [0.25, 0.3) is 0 Å². The summed E-state index contributed by atoms with van der Waals surface area (Å²) < 4.78 is 0. The van der Waals surface area contributed by atoms with Crippen LogP contribution in [0, 0.1) is 6.92 Å². The summed E-state index contributed by atoms with van der Waals surface area (Å²) in [6, 6.07) is 16.5. The van der Waals surface area contributed by atoms with Gasteiger partial charge in [0.2, 0.25) is 0 Å². The van der Waals surface area contributed by atoms with Crippen molar-refractivity contribution in [2.45, 2.75) is 31.3 Å². The molecule has 2 aromatic carbocycles. The van der Waals surface area contributed by atoms with E-state index in [0.717, 1.165) is 18.4 Å². The quantitative estimate of drug-likeness (QED) is 0.898. The molecule has 0 spiro atoms. The number of rotatable bonds is 3. The second kappa shape index (κ2) is 5.04. The molecule has 2 heteroatoms. The molecule has 2 atom stereocenters. The molecule has 104 valence electrons. The fourth-order valence-corrected chi connectivity index (χ4v) is 3.48. The summed E-state index contributed by atoms with van der Waals surface area (Å²) >= 11 is 0. The van der Waals surface area contributed by atoms with Gasteiger partial charge in [-0.2, -0.15) is 0 Å². The predicted octanol–water partition coefficient (Wildman–Crippen LogP) is 2.87. The molecule has 1 aliphatic carbocycles. The van der Waals surface area contributed by atoms with Gasteiger partial charge in [0.15, 0.2) is 0 Å². The molecular weight excluding hydrogens is 246 g/mol. The summed E-state index contributed by atoms with van der Waals surface area (Å²) in [5, 5.41) is 11.0. The van der Waals surface area contributed by atoms with Gasteiger partial charge in [0, 0.05) is 12.0 Å². The van der Waals surface area contributed by atoms with Crippen LogP contribution in [0.4, 0.5) is 0 Å². The van der Waals surface area contributed by atoms with E-state index >= 15 is 0 Å². The Morgan fingerprint density at radius 2 is 2.00 bits per heavy atom. The number of hydrogen-bond donors (Lipinski definition) is 2. The summed E-state index contributed by atoms with van der Waals surface area (Å²) in [5.74, 6) is 0. The van der Waals surface area contributed by atoms with Gasteiger partial charge in [-0.1, -0.05) is 54.1 Å². The van der Waals surface area contributed by atoms with E-state index in [-0.39, 0.29) is 5.41 Å². The minimum atomic E-state index is -0.545. The zero-order valence-electron chi connectivity index (χ0n) is 11.8. The van der Waals surface area contributed by atoms with E-state index in [1.165, 1.54) is 16.7 Å². The first kappa shape index (κ1) is 13.3. The minimum absolute atomic E-state index is 0.343. The zero-order valence-corrected chi connectivity index (χ0v) is 11.8. The highest BCUT2D eigenvalue weighted by atomic mass is 16.3. The van der Waals surface area contributed by atoms with E-state index in [1.807, 2.05) is 31.2 Å². The molecular formula is C18H21NO. The number of hydrogen-bond acceptors (Lipinski definition) is 2. The molecule has 0 radical (unpaired) electrons. The Bertz CT molecular complexity index is 622. The first-order chi connectivity index (χ1) is 9.67. The van der Waals surface area contributed by atoms with Crippen LogP contribution < -0.4 is 5.73 Å². The standard InChI is InChI=1S/C18H21NO/c1-13-5-4-7-15(11-13)17(20)18(12-19)10-9-14-6-2-3-8-16(14)18/h2-8,11,17,20H,9-10,12,19H2,1H3. The smallest absolute Gasteiger partial charge is 0.0899 e. The highest BCUT2D eigenvalue weighted by molar-refractivity contribution is 5.43. The minimum Gasteiger partial charge on any atom is -0.387 e. The molecule has 0 aromatic heterocycles. The van der Waals surface area contributed by atoms with Gasteiger partial charge in [-0.3, -0.25) is 0 Å². The third kappa shape index (κ3) is 1.96. The van der Waals surface area contributed by atoms with Crippen LogP contribution in [0.1, 0.15) is 34.8 Å². The van der Waals surface area contributed by atoms with Gasteiger partial charge < -0.3 is 10.8 Å². The Morgan fingerprint density at radius 3 is 2.75 bits per heavy atom. The van der Waals surface area contributed by atoms with E-state index in [1.54, 1.807) is 0 Å². The van der Waals surface area contributed by atoms with Crippen LogP contribution in [0.5, 0.6) is 0 Å². The number of aliphatic hydroxyl groups excluding tert-OH is 1. The lowest BCUT2D eigenvalue weighted by Gasteiger charge is -2.34. The van der Waals surface area contributed by atoms with Crippen molar-refractivity contribution in [3.05, 3.63) is 70.8 Å². The van der Waals surface area contributed by atoms with Crippen molar-refractivity contribution < 1.29 is 5.11 Å². The first-order valence-corrected chi connectivity index (χ1v) is 7.20. The molecule has 0 aliphatic heterocycles. The zero-order chi connectivity index (χ0) is 14.2. The topological polar surface area (TPSA) is 46.2 Å². The largest absolute Gasteiger partial charge is 0.387 e. The highest BCUT2D eigenvalue weighted by Gasteiger charge is 2.43. The molecule has 0 saturated heterocycles. The van der Waals surface area contributed by atoms with Crippen LogP contribution in [-0.2, 0) is 11.8 Å². The molecule has 0 fully saturated rings. The van der Waals surface area contributed by atoms with Crippen molar-refractivity contribution in [3.63, 3.8) is 0 Å². The fraction of sp³-hybridized carbons (Fsp3) is 0.333. The Labute approximate surface area is 120 Å². The average Bonchev–Trinajstić information content (AvgIpc) is 2.86. The number of aryl methyl sites for hydroxylation is 2. The predicted molar refractivity (Wildman–Crippen MR) is 81.6 cm³/mol. The second-order valence-corrected chi connectivity index (χ2v) is 5.83. The van der Waals surface area contributed by atoms with E-state index < -0.39 is 6.10 Å². The second-order valence-electron chi connectivity index (χ2n) is 5.83. The lowest BCUT2D eigenvalue weighted by atomic mass is 9.74. The van der Waals surface area contributed by atoms with Crippen molar-refractivity contribution in [3.8, 4) is 0 Å². The molecule has 3 rings (SSSR count). The molecule has 0 bridgehead atoms. The first-order valence-electron chi connectivity index (χ1n) is 7.20. The molecule has 0 amide bonds. The molecule has 20 heavy (non-hydrogen) atoms. The number of benzene rings is 2. The van der Waals surface area contributed by atoms with E-state index in [2.05, 4.69) is 24.3 Å². The van der Waals surface area contributed by atoms with Crippen molar-refractivity contribution in [1.29, 1.82) is 0 Å². The summed E-state index contributed by atoms with van der Waals surface area (Å²) in [4.78, 5) is 0. The number of aliphatic hydroxyl groups is 1. The van der Waals surface area contributed by atoms with Crippen LogP contribution in [0.3, 0.4) is 0 Å². The van der Waals surface area contributed by atoms with Crippen LogP contribution in [-0.4, -0.2) is 11.7 Å². The molecule has 3 N–H and O–H groups in total. The third-order valence-corrected chi connectivity index (χ3v) is 4.64. The van der Waals surface area contributed by atoms with Gasteiger partial charge in [-0.15, -0.1) is 0 Å². The van der Waals surface area contributed by atoms with Gasteiger partial charge in [0.05, 0.1) is 6.10 Å².